The lowest BCUT2D eigenvalue weighted by Crippen LogP contribution is -2.43. The van der Waals surface area contributed by atoms with Gasteiger partial charge in [-0.1, -0.05) is 25.1 Å². The van der Waals surface area contributed by atoms with Gasteiger partial charge in [0, 0.05) is 48.6 Å². The molecule has 2 N–H and O–H groups in total. The largest absolute Gasteiger partial charge is 0.508 e. The van der Waals surface area contributed by atoms with Crippen molar-refractivity contribution in [2.75, 3.05) is 37.7 Å². The molecular formula is C35H44FN5O2. The molecule has 1 aliphatic carbocycles. The highest BCUT2D eigenvalue weighted by Gasteiger charge is 2.49. The van der Waals surface area contributed by atoms with Gasteiger partial charge in [-0.3, -0.25) is 4.90 Å². The number of hydrogen-bond acceptors (Lipinski definition) is 7. The zero-order chi connectivity index (χ0) is 29.1. The van der Waals surface area contributed by atoms with Crippen molar-refractivity contribution in [1.82, 2.24) is 20.2 Å². The minimum atomic E-state index is -0.781. The number of benzene rings is 2. The van der Waals surface area contributed by atoms with Gasteiger partial charge in [-0.05, 0) is 93.0 Å². The van der Waals surface area contributed by atoms with Gasteiger partial charge in [0.25, 0.3) is 0 Å². The fourth-order valence-electron chi connectivity index (χ4n) is 9.15. The van der Waals surface area contributed by atoms with Gasteiger partial charge in [0.15, 0.2) is 0 Å². The molecule has 1 aromatic heterocycles. The van der Waals surface area contributed by atoms with Crippen LogP contribution >= 0.6 is 0 Å². The molecule has 4 aliphatic heterocycles. The number of anilines is 1. The highest BCUT2D eigenvalue weighted by atomic mass is 19.1. The van der Waals surface area contributed by atoms with Gasteiger partial charge in [0.05, 0.1) is 23.5 Å². The Kier molecular flexibility index (Phi) is 6.98. The van der Waals surface area contributed by atoms with Gasteiger partial charge in [-0.15, -0.1) is 0 Å². The highest BCUT2D eigenvalue weighted by molar-refractivity contribution is 5.98. The number of rotatable bonds is 6. The molecule has 7 nitrogen and oxygen atoms in total. The summed E-state index contributed by atoms with van der Waals surface area (Å²) in [5, 5.41) is 16.7. The fraction of sp³-hybridized carbons (Fsp3) is 0.600. The number of aromatic nitrogens is 2. The van der Waals surface area contributed by atoms with Crippen LogP contribution in [0, 0.1) is 5.92 Å². The molecule has 8 heteroatoms. The molecule has 5 heterocycles. The van der Waals surface area contributed by atoms with E-state index < -0.39 is 6.17 Å². The van der Waals surface area contributed by atoms with E-state index in [1.165, 1.54) is 35.0 Å². The molecule has 3 aromatic rings. The van der Waals surface area contributed by atoms with E-state index in [0.717, 1.165) is 80.8 Å². The molecule has 1 saturated carbocycles. The first-order chi connectivity index (χ1) is 21.0. The van der Waals surface area contributed by atoms with E-state index in [2.05, 4.69) is 40.2 Å². The average Bonchev–Trinajstić information content (AvgIpc) is 3.65. The first-order valence-electron chi connectivity index (χ1n) is 16.6. The van der Waals surface area contributed by atoms with Crippen LogP contribution in [0.25, 0.3) is 10.8 Å². The van der Waals surface area contributed by atoms with E-state index >= 15 is 0 Å². The predicted molar refractivity (Wildman–Crippen MR) is 167 cm³/mol. The number of ether oxygens (including phenoxy) is 1. The second-order valence-electron chi connectivity index (χ2n) is 13.9. The number of halogens is 1. The summed E-state index contributed by atoms with van der Waals surface area (Å²) >= 11 is 0. The number of phenolic OH excluding ortho intramolecular Hbond substituents is 1. The molecule has 2 bridgehead atoms. The monoisotopic (exact) mass is 585 g/mol. The maximum atomic E-state index is 14.5. The second kappa shape index (κ2) is 10.9. The summed E-state index contributed by atoms with van der Waals surface area (Å²) in [5.74, 6) is 1.46. The SMILES string of the molecule is CCc1cccc2cc(O)cc(N3CCc4c(nc(OC[C@@]56CCCN5C[C@@H](F)C6)nc4[C@H]4CCC5CN[C@H](C5)C4)C3)c12. The van der Waals surface area contributed by atoms with Crippen LogP contribution in [-0.2, 0) is 19.4 Å². The van der Waals surface area contributed by atoms with Crippen molar-refractivity contribution in [3.63, 3.8) is 0 Å². The minimum Gasteiger partial charge on any atom is -0.508 e. The summed E-state index contributed by atoms with van der Waals surface area (Å²) in [6.07, 6.45) is 8.41. The van der Waals surface area contributed by atoms with Gasteiger partial charge in [0.1, 0.15) is 18.5 Å². The van der Waals surface area contributed by atoms with Crippen LogP contribution in [0.5, 0.6) is 11.8 Å². The summed E-state index contributed by atoms with van der Waals surface area (Å²) in [6, 6.07) is 11.2. The van der Waals surface area contributed by atoms with Crippen LogP contribution in [0.1, 0.15) is 80.3 Å². The molecule has 8 rings (SSSR count). The molecule has 0 radical (unpaired) electrons. The lowest BCUT2D eigenvalue weighted by Gasteiger charge is -2.34. The number of hydrogen-bond donors (Lipinski definition) is 2. The molecular weight excluding hydrogens is 541 g/mol. The zero-order valence-electron chi connectivity index (χ0n) is 25.3. The normalized spacial score (nSPS) is 30.4. The first-order valence-corrected chi connectivity index (χ1v) is 16.6. The number of phenols is 1. The van der Waals surface area contributed by atoms with Gasteiger partial charge >= 0.3 is 6.01 Å². The Morgan fingerprint density at radius 1 is 1.16 bits per heavy atom. The number of alkyl halides is 1. The van der Waals surface area contributed by atoms with Gasteiger partial charge in [0.2, 0.25) is 0 Å². The maximum absolute atomic E-state index is 14.5. The summed E-state index contributed by atoms with van der Waals surface area (Å²) < 4.78 is 21.0. The molecule has 5 aliphatic rings. The van der Waals surface area contributed by atoms with Gasteiger partial charge in [-0.25, -0.2) is 4.39 Å². The minimum absolute atomic E-state index is 0.229. The Hall–Kier alpha value is -2.97. The quantitative estimate of drug-likeness (QED) is 0.387. The second-order valence-corrected chi connectivity index (χ2v) is 13.9. The van der Waals surface area contributed by atoms with Crippen molar-refractivity contribution in [3.05, 3.63) is 52.8 Å². The zero-order valence-corrected chi connectivity index (χ0v) is 25.3. The molecule has 3 saturated heterocycles. The van der Waals surface area contributed by atoms with E-state index in [9.17, 15) is 9.50 Å². The molecule has 4 fully saturated rings. The molecule has 228 valence electrons. The van der Waals surface area contributed by atoms with E-state index in [1.807, 2.05) is 12.1 Å². The van der Waals surface area contributed by atoms with E-state index in [0.29, 0.717) is 44.1 Å². The highest BCUT2D eigenvalue weighted by Crippen LogP contribution is 2.43. The Labute approximate surface area is 253 Å². The van der Waals surface area contributed by atoms with Crippen molar-refractivity contribution < 1.29 is 14.2 Å². The fourth-order valence-corrected chi connectivity index (χ4v) is 9.15. The van der Waals surface area contributed by atoms with E-state index in [1.54, 1.807) is 0 Å². The van der Waals surface area contributed by atoms with Crippen LogP contribution in [0.3, 0.4) is 0 Å². The molecule has 5 atom stereocenters. The number of nitrogens with zero attached hydrogens (tertiary/aromatic N) is 4. The Balaban J connectivity index is 1.15. The summed E-state index contributed by atoms with van der Waals surface area (Å²) in [6.45, 7) is 6.76. The third-order valence-electron chi connectivity index (χ3n) is 11.2. The van der Waals surface area contributed by atoms with Crippen molar-refractivity contribution in [1.29, 1.82) is 0 Å². The third-order valence-corrected chi connectivity index (χ3v) is 11.2. The summed E-state index contributed by atoms with van der Waals surface area (Å²) in [4.78, 5) is 14.9. The van der Waals surface area contributed by atoms with E-state index in [4.69, 9.17) is 14.7 Å². The van der Waals surface area contributed by atoms with Crippen LogP contribution in [0.15, 0.2) is 30.3 Å². The smallest absolute Gasteiger partial charge is 0.316 e. The molecule has 43 heavy (non-hydrogen) atoms. The number of aromatic hydroxyl groups is 1. The average molecular weight is 586 g/mol. The first kappa shape index (κ1) is 27.6. The van der Waals surface area contributed by atoms with Crippen LogP contribution in [-0.4, -0.2) is 70.5 Å². The van der Waals surface area contributed by atoms with Crippen LogP contribution in [0.2, 0.25) is 0 Å². The van der Waals surface area contributed by atoms with Gasteiger partial charge < -0.3 is 20.1 Å². The Bertz CT molecular complexity index is 1530. The molecule has 2 aromatic carbocycles. The summed E-state index contributed by atoms with van der Waals surface area (Å²) in [7, 11) is 0. The van der Waals surface area contributed by atoms with Gasteiger partial charge in [-0.2, -0.15) is 9.97 Å². The lowest BCUT2D eigenvalue weighted by molar-refractivity contribution is 0.106. The van der Waals surface area contributed by atoms with Crippen molar-refractivity contribution in [2.24, 2.45) is 5.92 Å². The number of aryl methyl sites for hydroxylation is 1. The maximum Gasteiger partial charge on any atom is 0.316 e. The predicted octanol–water partition coefficient (Wildman–Crippen LogP) is 5.66. The summed E-state index contributed by atoms with van der Waals surface area (Å²) in [5.41, 5.74) is 5.63. The topological polar surface area (TPSA) is 73.8 Å². The van der Waals surface area contributed by atoms with E-state index in [-0.39, 0.29) is 11.3 Å². The molecule has 0 spiro atoms. The number of nitrogens with one attached hydrogen (secondary N) is 1. The Morgan fingerprint density at radius 2 is 2.09 bits per heavy atom. The molecule has 0 amide bonds. The number of fused-ring (bicyclic) bond motifs is 5. The standard InChI is InChI=1S/C35H44FN5O2/c1-2-23-5-3-6-24-15-28(42)16-31(32(23)24)40-12-9-29-30(20-40)38-34(43-21-35-10-4-11-41(35)19-26(36)17-35)39-33(29)25-8-7-22-13-27(14-25)37-18-22/h3,5-6,15-16,22,25-27,37,42H,2,4,7-14,17-21H2,1H3/t22?,25-,26-,27+,35-/m0/s1. The lowest BCUT2D eigenvalue weighted by atomic mass is 9.87. The van der Waals surface area contributed by atoms with Crippen LogP contribution < -0.4 is 15.0 Å². The van der Waals surface area contributed by atoms with Crippen LogP contribution in [0.4, 0.5) is 10.1 Å². The Morgan fingerprint density at radius 3 is 3.00 bits per heavy atom. The van der Waals surface area contributed by atoms with Crippen molar-refractivity contribution in [3.8, 4) is 11.8 Å². The third kappa shape index (κ3) is 4.95. The van der Waals surface area contributed by atoms with Crippen molar-refractivity contribution in [2.45, 2.75) is 94.9 Å². The van der Waals surface area contributed by atoms with Crippen molar-refractivity contribution >= 4 is 16.5 Å². The molecule has 1 unspecified atom stereocenters.